The minimum absolute atomic E-state index is 0.119. The van der Waals surface area contributed by atoms with Crippen molar-refractivity contribution in [3.8, 4) is 22.9 Å². The molecule has 5 rings (SSSR count). The van der Waals surface area contributed by atoms with E-state index in [4.69, 9.17) is 30.5 Å². The van der Waals surface area contributed by atoms with Gasteiger partial charge in [0.15, 0.2) is 11.5 Å². The van der Waals surface area contributed by atoms with E-state index in [0.717, 1.165) is 0 Å². The van der Waals surface area contributed by atoms with Crippen LogP contribution in [-0.2, 0) is 11.3 Å². The minimum atomic E-state index is -0.389. The van der Waals surface area contributed by atoms with Gasteiger partial charge in [-0.2, -0.15) is 5.10 Å². The molecular weight excluding hydrogens is 522 g/mol. The molecule has 0 saturated carbocycles. The summed E-state index contributed by atoms with van der Waals surface area (Å²) < 4.78 is 23.5. The van der Waals surface area contributed by atoms with Gasteiger partial charge >= 0.3 is 5.97 Å². The summed E-state index contributed by atoms with van der Waals surface area (Å²) in [5.41, 5.74) is 3.50. The number of aryl methyl sites for hydroxylation is 1. The number of esters is 1. The Morgan fingerprint density at radius 1 is 1.03 bits per heavy atom. The van der Waals surface area contributed by atoms with Gasteiger partial charge in [0.05, 0.1) is 28.6 Å². The van der Waals surface area contributed by atoms with E-state index in [0.29, 0.717) is 62.8 Å². The Morgan fingerprint density at radius 3 is 2.56 bits per heavy atom. The van der Waals surface area contributed by atoms with Crippen LogP contribution in [0.25, 0.3) is 5.69 Å². The smallest absolute Gasteiger partial charge is 0.338 e. The number of rotatable bonds is 8. The fourth-order valence-corrected chi connectivity index (χ4v) is 4.30. The number of anilines is 1. The summed E-state index contributed by atoms with van der Waals surface area (Å²) in [4.78, 5) is 26.8. The number of carbonyl (C=O) groups is 2. The van der Waals surface area contributed by atoms with Crippen LogP contribution < -0.4 is 19.1 Å². The zero-order valence-corrected chi connectivity index (χ0v) is 22.4. The highest BCUT2D eigenvalue weighted by Crippen LogP contribution is 2.35. The molecule has 39 heavy (non-hydrogen) atoms. The van der Waals surface area contributed by atoms with Crippen molar-refractivity contribution < 1.29 is 28.5 Å². The van der Waals surface area contributed by atoms with E-state index in [-0.39, 0.29) is 25.3 Å². The van der Waals surface area contributed by atoms with Gasteiger partial charge in [0.2, 0.25) is 6.79 Å². The summed E-state index contributed by atoms with van der Waals surface area (Å²) in [5, 5.41) is 5.05. The SMILES string of the molecule is CCOC(=O)c1ccc(OCc2c(Cl)c(C)nn2-c2cccc(C(=O)N(C)c3ccc4c(c3)OCO4)c2)cc1. The van der Waals surface area contributed by atoms with Crippen LogP contribution in [0.2, 0.25) is 5.02 Å². The van der Waals surface area contributed by atoms with Crippen LogP contribution in [0.3, 0.4) is 0 Å². The lowest BCUT2D eigenvalue weighted by Gasteiger charge is -2.18. The quantitative estimate of drug-likeness (QED) is 0.265. The van der Waals surface area contributed by atoms with Crippen LogP contribution in [-0.4, -0.2) is 42.1 Å². The molecule has 0 fully saturated rings. The van der Waals surface area contributed by atoms with Gasteiger partial charge in [0.25, 0.3) is 5.91 Å². The van der Waals surface area contributed by atoms with E-state index in [1.54, 1.807) is 91.1 Å². The molecule has 0 unspecified atom stereocenters. The molecule has 10 heteroatoms. The Morgan fingerprint density at radius 2 is 1.79 bits per heavy atom. The molecule has 0 atom stereocenters. The van der Waals surface area contributed by atoms with Crippen molar-refractivity contribution in [2.75, 3.05) is 25.3 Å². The van der Waals surface area contributed by atoms with E-state index in [2.05, 4.69) is 5.10 Å². The van der Waals surface area contributed by atoms with Gasteiger partial charge in [-0.1, -0.05) is 17.7 Å². The summed E-state index contributed by atoms with van der Waals surface area (Å²) >= 11 is 6.59. The number of aromatic nitrogens is 2. The molecule has 1 amide bonds. The zero-order valence-electron chi connectivity index (χ0n) is 21.6. The van der Waals surface area contributed by atoms with Gasteiger partial charge in [0.1, 0.15) is 18.1 Å². The zero-order chi connectivity index (χ0) is 27.5. The van der Waals surface area contributed by atoms with E-state index < -0.39 is 0 Å². The molecular formula is C29H26ClN3O6. The summed E-state index contributed by atoms with van der Waals surface area (Å²) in [6.07, 6.45) is 0. The molecule has 0 radical (unpaired) electrons. The van der Waals surface area contributed by atoms with Crippen molar-refractivity contribution in [3.63, 3.8) is 0 Å². The van der Waals surface area contributed by atoms with Crippen LogP contribution in [0, 0.1) is 6.92 Å². The maximum atomic E-state index is 13.4. The molecule has 2 heterocycles. The predicted molar refractivity (Wildman–Crippen MR) is 145 cm³/mol. The Kier molecular flexibility index (Phi) is 7.42. The van der Waals surface area contributed by atoms with Crippen LogP contribution >= 0.6 is 11.6 Å². The van der Waals surface area contributed by atoms with Gasteiger partial charge < -0.3 is 23.8 Å². The second-order valence-electron chi connectivity index (χ2n) is 8.74. The first-order valence-corrected chi connectivity index (χ1v) is 12.7. The normalized spacial score (nSPS) is 11.8. The molecule has 0 aliphatic carbocycles. The Balaban J connectivity index is 1.35. The lowest BCUT2D eigenvalue weighted by Crippen LogP contribution is -2.26. The number of fused-ring (bicyclic) bond motifs is 1. The monoisotopic (exact) mass is 547 g/mol. The van der Waals surface area contributed by atoms with Crippen molar-refractivity contribution in [3.05, 3.63) is 94.3 Å². The van der Waals surface area contributed by atoms with Crippen LogP contribution in [0.4, 0.5) is 5.69 Å². The maximum absolute atomic E-state index is 13.4. The minimum Gasteiger partial charge on any atom is -0.487 e. The van der Waals surface area contributed by atoms with Gasteiger partial charge in [-0.3, -0.25) is 4.79 Å². The number of amides is 1. The Bertz CT molecular complexity index is 1530. The summed E-state index contributed by atoms with van der Waals surface area (Å²) in [6, 6.07) is 19.2. The number of halogens is 1. The molecule has 4 aromatic rings. The van der Waals surface area contributed by atoms with E-state index >= 15 is 0 Å². The summed E-state index contributed by atoms with van der Waals surface area (Å²) in [6.45, 7) is 4.15. The maximum Gasteiger partial charge on any atom is 0.338 e. The van der Waals surface area contributed by atoms with Crippen molar-refractivity contribution in [2.45, 2.75) is 20.5 Å². The molecule has 0 spiro atoms. The van der Waals surface area contributed by atoms with Crippen LogP contribution in [0.15, 0.2) is 66.7 Å². The highest BCUT2D eigenvalue weighted by molar-refractivity contribution is 6.31. The van der Waals surface area contributed by atoms with E-state index in [9.17, 15) is 9.59 Å². The number of carbonyl (C=O) groups excluding carboxylic acids is 2. The standard InChI is InChI=1S/C29H26ClN3O6/c1-4-36-29(35)19-8-11-23(12-9-19)37-16-24-27(30)18(2)31-33(24)22-7-5-6-20(14-22)28(34)32(3)21-10-13-25-26(15-21)39-17-38-25/h5-15H,4,16-17H2,1-3H3. The third-order valence-corrected chi connectivity index (χ3v) is 6.70. The Labute approximate surface area is 230 Å². The average molecular weight is 548 g/mol. The van der Waals surface area contributed by atoms with Crippen LogP contribution in [0.1, 0.15) is 39.0 Å². The number of hydrogen-bond acceptors (Lipinski definition) is 7. The number of ether oxygens (including phenoxy) is 4. The number of hydrogen-bond donors (Lipinski definition) is 0. The van der Waals surface area contributed by atoms with Crippen molar-refractivity contribution in [1.29, 1.82) is 0 Å². The molecule has 0 saturated heterocycles. The first-order chi connectivity index (χ1) is 18.9. The van der Waals surface area contributed by atoms with Gasteiger partial charge in [-0.05, 0) is 68.4 Å². The highest BCUT2D eigenvalue weighted by Gasteiger charge is 2.21. The van der Waals surface area contributed by atoms with Gasteiger partial charge in [0, 0.05) is 24.4 Å². The lowest BCUT2D eigenvalue weighted by atomic mass is 10.1. The highest BCUT2D eigenvalue weighted by atomic mass is 35.5. The second kappa shape index (κ2) is 11.1. The largest absolute Gasteiger partial charge is 0.487 e. The fraction of sp³-hybridized carbons (Fsp3) is 0.207. The van der Waals surface area contributed by atoms with Gasteiger partial charge in [-0.25, -0.2) is 9.48 Å². The summed E-state index contributed by atoms with van der Waals surface area (Å²) in [5.74, 6) is 1.21. The third-order valence-electron chi connectivity index (χ3n) is 6.20. The molecule has 0 bridgehead atoms. The number of benzene rings is 3. The first-order valence-electron chi connectivity index (χ1n) is 12.3. The fourth-order valence-electron chi connectivity index (χ4n) is 4.12. The van der Waals surface area contributed by atoms with Crippen molar-refractivity contribution in [1.82, 2.24) is 9.78 Å². The topological polar surface area (TPSA) is 92.1 Å². The third kappa shape index (κ3) is 5.39. The molecule has 1 aliphatic heterocycles. The first kappa shape index (κ1) is 26.1. The van der Waals surface area contributed by atoms with Crippen molar-refractivity contribution >= 4 is 29.2 Å². The molecule has 9 nitrogen and oxygen atoms in total. The molecule has 0 N–H and O–H groups in total. The summed E-state index contributed by atoms with van der Waals surface area (Å²) in [7, 11) is 1.70. The molecule has 200 valence electrons. The molecule has 1 aliphatic rings. The van der Waals surface area contributed by atoms with Crippen molar-refractivity contribution in [2.24, 2.45) is 0 Å². The second-order valence-corrected chi connectivity index (χ2v) is 9.12. The Hall–Kier alpha value is -4.50. The molecule has 3 aromatic carbocycles. The van der Waals surface area contributed by atoms with Crippen LogP contribution in [0.5, 0.6) is 17.2 Å². The average Bonchev–Trinajstić information content (AvgIpc) is 3.55. The van der Waals surface area contributed by atoms with E-state index in [1.165, 1.54) is 0 Å². The number of nitrogens with zero attached hydrogens (tertiary/aromatic N) is 3. The predicted octanol–water partition coefficient (Wildman–Crippen LogP) is 5.60. The van der Waals surface area contributed by atoms with E-state index in [1.807, 2.05) is 6.07 Å². The molecule has 1 aromatic heterocycles. The van der Waals surface area contributed by atoms with Gasteiger partial charge in [-0.15, -0.1) is 0 Å². The lowest BCUT2D eigenvalue weighted by molar-refractivity contribution is 0.0526.